The highest BCUT2D eigenvalue weighted by Crippen LogP contribution is 2.25. The van der Waals surface area contributed by atoms with Crippen LogP contribution in [0.1, 0.15) is 10.4 Å². The molecule has 0 saturated carbocycles. The number of ether oxygens (including phenoxy) is 1. The summed E-state index contributed by atoms with van der Waals surface area (Å²) in [6.07, 6.45) is 2.41. The van der Waals surface area contributed by atoms with Gasteiger partial charge in [0, 0.05) is 25.8 Å². The Morgan fingerprint density at radius 3 is 2.48 bits per heavy atom. The van der Waals surface area contributed by atoms with Crippen LogP contribution < -0.4 is 0 Å². The van der Waals surface area contributed by atoms with Crippen molar-refractivity contribution in [3.63, 3.8) is 0 Å². The van der Waals surface area contributed by atoms with Gasteiger partial charge in [-0.1, -0.05) is 62.1 Å². The average Bonchev–Trinajstić information content (AvgIpc) is 3.13. The largest absolute Gasteiger partial charge is 0.359 e. The molecule has 0 aliphatic heterocycles. The van der Waals surface area contributed by atoms with Crippen molar-refractivity contribution >= 4 is 14.4 Å². The van der Waals surface area contributed by atoms with Gasteiger partial charge in [0.25, 0.3) is 0 Å². The maximum absolute atomic E-state index is 10.8. The first-order valence-corrected chi connectivity index (χ1v) is 12.8. The van der Waals surface area contributed by atoms with Crippen molar-refractivity contribution in [3.05, 3.63) is 60.4 Å². The Morgan fingerprint density at radius 1 is 1.04 bits per heavy atom. The third kappa shape index (κ3) is 5.21. The quantitative estimate of drug-likeness (QED) is 0.322. The van der Waals surface area contributed by atoms with Crippen LogP contribution in [0.5, 0.6) is 0 Å². The van der Waals surface area contributed by atoms with E-state index in [2.05, 4.69) is 35.8 Å². The van der Waals surface area contributed by atoms with E-state index in [1.807, 2.05) is 42.5 Å². The van der Waals surface area contributed by atoms with Crippen LogP contribution >= 0.6 is 0 Å². The van der Waals surface area contributed by atoms with E-state index in [0.29, 0.717) is 12.3 Å². The van der Waals surface area contributed by atoms with Gasteiger partial charge in [-0.2, -0.15) is 5.10 Å². The van der Waals surface area contributed by atoms with E-state index in [-0.39, 0.29) is 0 Å². The fourth-order valence-corrected chi connectivity index (χ4v) is 3.46. The molecule has 27 heavy (non-hydrogen) atoms. The summed E-state index contributed by atoms with van der Waals surface area (Å²) in [6.45, 7) is 8.16. The maximum Gasteiger partial charge on any atom is 0.160 e. The molecule has 2 aromatic carbocycles. The van der Waals surface area contributed by atoms with Crippen molar-refractivity contribution in [2.24, 2.45) is 0 Å². The molecule has 0 fully saturated rings. The Morgan fingerprint density at radius 2 is 1.78 bits per heavy atom. The summed E-state index contributed by atoms with van der Waals surface area (Å²) in [4.78, 5) is 15.2. The van der Waals surface area contributed by atoms with Crippen LogP contribution in [0, 0.1) is 0 Å². The van der Waals surface area contributed by atoms with Crippen LogP contribution in [0.4, 0.5) is 0 Å². The summed E-state index contributed by atoms with van der Waals surface area (Å²) in [6, 6.07) is 16.8. The van der Waals surface area contributed by atoms with Crippen LogP contribution in [0.25, 0.3) is 22.5 Å². The molecule has 0 atom stereocenters. The van der Waals surface area contributed by atoms with Crippen LogP contribution in [0.2, 0.25) is 25.7 Å². The van der Waals surface area contributed by atoms with Crippen LogP contribution in [0.3, 0.4) is 0 Å². The molecule has 0 spiro atoms. The highest BCUT2D eigenvalue weighted by molar-refractivity contribution is 6.76. The average molecular weight is 380 g/mol. The van der Waals surface area contributed by atoms with E-state index < -0.39 is 8.07 Å². The number of aromatic nitrogens is 3. The minimum absolute atomic E-state index is 0.401. The lowest BCUT2D eigenvalue weighted by Crippen LogP contribution is -2.22. The van der Waals surface area contributed by atoms with Crippen molar-refractivity contribution in [1.29, 1.82) is 0 Å². The molecule has 0 aliphatic rings. The van der Waals surface area contributed by atoms with Gasteiger partial charge in [0.1, 0.15) is 19.3 Å². The lowest BCUT2D eigenvalue weighted by Gasteiger charge is -2.15. The van der Waals surface area contributed by atoms with Gasteiger partial charge in [-0.25, -0.2) is 9.67 Å². The Labute approximate surface area is 161 Å². The monoisotopic (exact) mass is 379 g/mol. The minimum Gasteiger partial charge on any atom is -0.359 e. The van der Waals surface area contributed by atoms with Gasteiger partial charge in [0.15, 0.2) is 5.82 Å². The zero-order valence-corrected chi connectivity index (χ0v) is 17.1. The maximum atomic E-state index is 10.8. The Hall–Kier alpha value is -2.57. The SMILES string of the molecule is C[Si](C)(C)CCOCn1ncnc1-c1cccc(-c2ccc(C=O)cc2)c1. The molecule has 0 aliphatic carbocycles. The number of benzene rings is 2. The van der Waals surface area contributed by atoms with Crippen molar-refractivity contribution < 1.29 is 9.53 Å². The van der Waals surface area contributed by atoms with E-state index in [1.165, 1.54) is 0 Å². The highest BCUT2D eigenvalue weighted by Gasteiger charge is 2.13. The topological polar surface area (TPSA) is 57.0 Å². The summed E-state index contributed by atoms with van der Waals surface area (Å²) >= 11 is 0. The summed E-state index contributed by atoms with van der Waals surface area (Å²) in [5, 5.41) is 4.30. The van der Waals surface area contributed by atoms with Crippen molar-refractivity contribution in [1.82, 2.24) is 14.8 Å². The molecule has 0 saturated heterocycles. The van der Waals surface area contributed by atoms with Gasteiger partial charge in [-0.15, -0.1) is 0 Å². The molecule has 0 radical (unpaired) electrons. The number of carbonyl (C=O) groups is 1. The van der Waals surface area contributed by atoms with E-state index in [1.54, 1.807) is 11.0 Å². The Bertz CT molecular complexity index is 898. The van der Waals surface area contributed by atoms with Crippen LogP contribution in [-0.4, -0.2) is 35.7 Å². The number of hydrogen-bond donors (Lipinski definition) is 0. The fraction of sp³-hybridized carbons (Fsp3) is 0.286. The molecule has 0 amide bonds. The molecule has 0 unspecified atom stereocenters. The van der Waals surface area contributed by atoms with E-state index >= 15 is 0 Å². The molecule has 6 heteroatoms. The van der Waals surface area contributed by atoms with Crippen LogP contribution in [-0.2, 0) is 11.5 Å². The molecule has 0 N–H and O–H groups in total. The predicted molar refractivity (Wildman–Crippen MR) is 110 cm³/mol. The molecular formula is C21H25N3O2Si. The molecule has 5 nitrogen and oxygen atoms in total. The summed E-state index contributed by atoms with van der Waals surface area (Å²) in [5.74, 6) is 0.786. The number of carbonyl (C=O) groups excluding carboxylic acids is 1. The third-order valence-electron chi connectivity index (χ3n) is 4.33. The molecule has 1 heterocycles. The minimum atomic E-state index is -1.10. The first-order chi connectivity index (χ1) is 13.0. The van der Waals surface area contributed by atoms with Crippen molar-refractivity contribution in [3.8, 4) is 22.5 Å². The van der Waals surface area contributed by atoms with E-state index in [4.69, 9.17) is 4.74 Å². The summed E-state index contributed by atoms with van der Waals surface area (Å²) < 4.78 is 7.61. The van der Waals surface area contributed by atoms with Gasteiger partial charge in [-0.05, 0) is 23.2 Å². The van der Waals surface area contributed by atoms with Crippen LogP contribution in [0.15, 0.2) is 54.9 Å². The summed E-state index contributed by atoms with van der Waals surface area (Å²) in [5.41, 5.74) is 3.78. The first kappa shape index (κ1) is 19.2. The predicted octanol–water partition coefficient (Wildman–Crippen LogP) is 4.74. The van der Waals surface area contributed by atoms with Crippen molar-refractivity contribution in [2.75, 3.05) is 6.61 Å². The normalized spacial score (nSPS) is 11.5. The third-order valence-corrected chi connectivity index (χ3v) is 6.03. The zero-order chi connectivity index (χ0) is 19.3. The standard InChI is InChI=1S/C21H25N3O2Si/c1-27(2,3)12-11-26-16-24-21(22-15-23-24)20-6-4-5-19(13-20)18-9-7-17(14-25)8-10-18/h4-10,13-15H,11-12,16H2,1-3H3. The van der Waals surface area contributed by atoms with E-state index in [9.17, 15) is 4.79 Å². The second-order valence-electron chi connectivity index (χ2n) is 7.75. The lowest BCUT2D eigenvalue weighted by molar-refractivity contribution is 0.0796. The Balaban J connectivity index is 1.75. The molecule has 0 bridgehead atoms. The molecule has 1 aromatic heterocycles. The number of hydrogen-bond acceptors (Lipinski definition) is 4. The van der Waals surface area contributed by atoms with Gasteiger partial charge in [0.2, 0.25) is 0 Å². The van der Waals surface area contributed by atoms with Crippen molar-refractivity contribution in [2.45, 2.75) is 32.4 Å². The van der Waals surface area contributed by atoms with Gasteiger partial charge < -0.3 is 4.74 Å². The molecule has 3 rings (SSSR count). The van der Waals surface area contributed by atoms with Gasteiger partial charge in [0.05, 0.1) is 0 Å². The van der Waals surface area contributed by atoms with Gasteiger partial charge >= 0.3 is 0 Å². The number of aldehydes is 1. The summed E-state index contributed by atoms with van der Waals surface area (Å²) in [7, 11) is -1.10. The first-order valence-electron chi connectivity index (χ1n) is 9.08. The number of rotatable bonds is 8. The molecule has 3 aromatic rings. The van der Waals surface area contributed by atoms with E-state index in [0.717, 1.165) is 41.5 Å². The highest BCUT2D eigenvalue weighted by atomic mass is 28.3. The molecular weight excluding hydrogens is 354 g/mol. The fourth-order valence-electron chi connectivity index (χ4n) is 2.70. The second-order valence-corrected chi connectivity index (χ2v) is 13.4. The second kappa shape index (κ2) is 8.41. The molecule has 140 valence electrons. The lowest BCUT2D eigenvalue weighted by atomic mass is 10.0. The number of nitrogens with zero attached hydrogens (tertiary/aromatic N) is 3. The zero-order valence-electron chi connectivity index (χ0n) is 16.1. The Kier molecular flexibility index (Phi) is 5.98. The smallest absolute Gasteiger partial charge is 0.160 e. The van der Waals surface area contributed by atoms with Gasteiger partial charge in [-0.3, -0.25) is 4.79 Å².